The fourth-order valence-electron chi connectivity index (χ4n) is 2.29. The fourth-order valence-corrected chi connectivity index (χ4v) is 2.29. The number of hydrogen-bond donors (Lipinski definition) is 1. The highest BCUT2D eigenvalue weighted by atomic mass is 16.5. The third-order valence-electron chi connectivity index (χ3n) is 2.97. The van der Waals surface area contributed by atoms with Gasteiger partial charge in [0.1, 0.15) is 0 Å². The summed E-state index contributed by atoms with van der Waals surface area (Å²) in [6, 6.07) is 0. The molecule has 2 N–H and O–H groups in total. The molecule has 78 valence electrons. The van der Waals surface area contributed by atoms with Gasteiger partial charge in [0.15, 0.2) is 0 Å². The minimum atomic E-state index is 0.500. The summed E-state index contributed by atoms with van der Waals surface area (Å²) in [5, 5.41) is 3.90. The first-order valence-electron chi connectivity index (χ1n) is 5.08. The number of nitrogen functional groups attached to an aromatic ring is 1. The minimum absolute atomic E-state index is 0.500. The van der Waals surface area contributed by atoms with Crippen molar-refractivity contribution in [1.82, 2.24) is 10.1 Å². The molecule has 2 heterocycles. The molecule has 1 aromatic heterocycles. The molecule has 0 bridgehead atoms. The first-order valence-corrected chi connectivity index (χ1v) is 5.08. The van der Waals surface area contributed by atoms with E-state index < -0.39 is 0 Å². The SMILES string of the molecule is Cc1noc(N)c1C1CCCN(C)C1. The highest BCUT2D eigenvalue weighted by molar-refractivity contribution is 5.41. The number of likely N-dealkylation sites (tertiary alicyclic amines) is 1. The van der Waals surface area contributed by atoms with Crippen molar-refractivity contribution in [3.05, 3.63) is 11.3 Å². The number of anilines is 1. The van der Waals surface area contributed by atoms with Crippen LogP contribution in [-0.4, -0.2) is 30.2 Å². The first-order chi connectivity index (χ1) is 6.68. The van der Waals surface area contributed by atoms with Gasteiger partial charge in [0.2, 0.25) is 5.88 Å². The second-order valence-electron chi connectivity index (χ2n) is 4.15. The summed E-state index contributed by atoms with van der Waals surface area (Å²) in [5.41, 5.74) is 7.84. The third kappa shape index (κ3) is 1.62. The Morgan fingerprint density at radius 3 is 2.93 bits per heavy atom. The van der Waals surface area contributed by atoms with Gasteiger partial charge in [-0.3, -0.25) is 0 Å². The summed E-state index contributed by atoms with van der Waals surface area (Å²) in [6.45, 7) is 4.21. The van der Waals surface area contributed by atoms with Crippen molar-refractivity contribution in [2.45, 2.75) is 25.7 Å². The first kappa shape index (κ1) is 9.52. The van der Waals surface area contributed by atoms with Crippen LogP contribution in [0.4, 0.5) is 5.88 Å². The predicted octanol–water partition coefficient (Wildman–Crippen LogP) is 1.37. The molecule has 0 saturated carbocycles. The van der Waals surface area contributed by atoms with Crippen molar-refractivity contribution in [3.8, 4) is 0 Å². The van der Waals surface area contributed by atoms with Gasteiger partial charge in [-0.25, -0.2) is 0 Å². The zero-order chi connectivity index (χ0) is 10.1. The fraction of sp³-hybridized carbons (Fsp3) is 0.700. The van der Waals surface area contributed by atoms with Gasteiger partial charge >= 0.3 is 0 Å². The summed E-state index contributed by atoms with van der Waals surface area (Å²) >= 11 is 0. The Kier molecular flexibility index (Phi) is 2.46. The predicted molar refractivity (Wildman–Crippen MR) is 55.1 cm³/mol. The molecule has 1 saturated heterocycles. The van der Waals surface area contributed by atoms with E-state index in [9.17, 15) is 0 Å². The lowest BCUT2D eigenvalue weighted by Gasteiger charge is -2.29. The van der Waals surface area contributed by atoms with Gasteiger partial charge in [0.05, 0.1) is 5.69 Å². The van der Waals surface area contributed by atoms with Crippen LogP contribution in [-0.2, 0) is 0 Å². The van der Waals surface area contributed by atoms with Crippen LogP contribution in [0.1, 0.15) is 30.0 Å². The zero-order valence-electron chi connectivity index (χ0n) is 8.79. The average Bonchev–Trinajstić information content (AvgIpc) is 2.46. The standard InChI is InChI=1S/C10H17N3O/c1-7-9(10(11)14-12-7)8-4-3-5-13(2)6-8/h8H,3-6,11H2,1-2H3. The lowest BCUT2D eigenvalue weighted by molar-refractivity contribution is 0.250. The number of rotatable bonds is 1. The lowest BCUT2D eigenvalue weighted by atomic mass is 9.91. The van der Waals surface area contributed by atoms with E-state index in [2.05, 4.69) is 17.1 Å². The molecule has 0 radical (unpaired) electrons. The summed E-state index contributed by atoms with van der Waals surface area (Å²) in [4.78, 5) is 2.33. The van der Waals surface area contributed by atoms with Crippen molar-refractivity contribution >= 4 is 5.88 Å². The highest BCUT2D eigenvalue weighted by Crippen LogP contribution is 2.32. The molecule has 1 unspecified atom stereocenters. The molecule has 4 heteroatoms. The van der Waals surface area contributed by atoms with Crippen LogP contribution in [0.2, 0.25) is 0 Å². The van der Waals surface area contributed by atoms with Gasteiger partial charge < -0.3 is 15.2 Å². The van der Waals surface area contributed by atoms with Crippen LogP contribution in [0, 0.1) is 6.92 Å². The maximum absolute atomic E-state index is 5.77. The molecule has 1 aliphatic rings. The van der Waals surface area contributed by atoms with Crippen LogP contribution < -0.4 is 5.73 Å². The molecule has 0 aliphatic carbocycles. The van der Waals surface area contributed by atoms with Crippen LogP contribution in [0.15, 0.2) is 4.52 Å². The van der Waals surface area contributed by atoms with Crippen LogP contribution in [0.5, 0.6) is 0 Å². The van der Waals surface area contributed by atoms with E-state index in [1.54, 1.807) is 0 Å². The summed E-state index contributed by atoms with van der Waals surface area (Å²) < 4.78 is 4.99. The van der Waals surface area contributed by atoms with Crippen molar-refractivity contribution < 1.29 is 4.52 Å². The smallest absolute Gasteiger partial charge is 0.225 e. The Labute approximate surface area is 84.0 Å². The van der Waals surface area contributed by atoms with Crippen LogP contribution in [0.3, 0.4) is 0 Å². The van der Waals surface area contributed by atoms with Crippen LogP contribution in [0.25, 0.3) is 0 Å². The van der Waals surface area contributed by atoms with Crippen molar-refractivity contribution in [3.63, 3.8) is 0 Å². The summed E-state index contributed by atoms with van der Waals surface area (Å²) in [6.07, 6.45) is 2.42. The number of likely N-dealkylation sites (N-methyl/N-ethyl adjacent to an activating group) is 1. The van der Waals surface area contributed by atoms with Gasteiger partial charge in [0, 0.05) is 18.0 Å². The second kappa shape index (κ2) is 3.61. The second-order valence-corrected chi connectivity index (χ2v) is 4.15. The van der Waals surface area contributed by atoms with Gasteiger partial charge in [-0.1, -0.05) is 5.16 Å². The molecule has 1 fully saturated rings. The number of aryl methyl sites for hydroxylation is 1. The Bertz CT molecular complexity index is 302. The Morgan fingerprint density at radius 2 is 2.36 bits per heavy atom. The van der Waals surface area contributed by atoms with Gasteiger partial charge in [-0.05, 0) is 33.4 Å². The van der Waals surface area contributed by atoms with Gasteiger partial charge in [0.25, 0.3) is 0 Å². The molecule has 1 atom stereocenters. The Morgan fingerprint density at radius 1 is 1.57 bits per heavy atom. The molecule has 1 aliphatic heterocycles. The maximum Gasteiger partial charge on any atom is 0.225 e. The number of aromatic nitrogens is 1. The molecule has 0 aromatic carbocycles. The molecule has 0 spiro atoms. The highest BCUT2D eigenvalue weighted by Gasteiger charge is 2.25. The molecule has 14 heavy (non-hydrogen) atoms. The Balaban J connectivity index is 2.21. The molecular formula is C10H17N3O. The number of nitrogens with zero attached hydrogens (tertiary/aromatic N) is 2. The van der Waals surface area contributed by atoms with Crippen molar-refractivity contribution in [2.75, 3.05) is 25.9 Å². The number of hydrogen-bond acceptors (Lipinski definition) is 4. The molecule has 1 aromatic rings. The lowest BCUT2D eigenvalue weighted by Crippen LogP contribution is -2.31. The van der Waals surface area contributed by atoms with E-state index in [4.69, 9.17) is 10.3 Å². The largest absolute Gasteiger partial charge is 0.367 e. The zero-order valence-corrected chi connectivity index (χ0v) is 8.79. The quantitative estimate of drug-likeness (QED) is 0.735. The molecule has 4 nitrogen and oxygen atoms in total. The normalized spacial score (nSPS) is 24.0. The summed E-state index contributed by atoms with van der Waals surface area (Å²) in [7, 11) is 2.14. The van der Waals surface area contributed by atoms with E-state index in [0.717, 1.165) is 17.8 Å². The van der Waals surface area contributed by atoms with Crippen molar-refractivity contribution in [1.29, 1.82) is 0 Å². The van der Waals surface area contributed by atoms with E-state index in [1.807, 2.05) is 6.92 Å². The molecule has 2 rings (SSSR count). The van der Waals surface area contributed by atoms with Gasteiger partial charge in [-0.15, -0.1) is 0 Å². The summed E-state index contributed by atoms with van der Waals surface area (Å²) in [5.74, 6) is 1.00. The van der Waals surface area contributed by atoms with Crippen LogP contribution >= 0.6 is 0 Å². The Hall–Kier alpha value is -1.03. The number of nitrogens with two attached hydrogens (primary N) is 1. The van der Waals surface area contributed by atoms with E-state index in [-0.39, 0.29) is 0 Å². The van der Waals surface area contributed by atoms with Crippen molar-refractivity contribution in [2.24, 2.45) is 0 Å². The monoisotopic (exact) mass is 195 g/mol. The molecule has 0 amide bonds. The van der Waals surface area contributed by atoms with E-state index in [1.165, 1.54) is 19.4 Å². The minimum Gasteiger partial charge on any atom is -0.367 e. The van der Waals surface area contributed by atoms with E-state index in [0.29, 0.717) is 11.8 Å². The number of piperidine rings is 1. The van der Waals surface area contributed by atoms with Gasteiger partial charge in [-0.2, -0.15) is 0 Å². The molecular weight excluding hydrogens is 178 g/mol. The topological polar surface area (TPSA) is 55.3 Å². The average molecular weight is 195 g/mol. The maximum atomic E-state index is 5.77. The van der Waals surface area contributed by atoms with E-state index >= 15 is 0 Å². The third-order valence-corrected chi connectivity index (χ3v) is 2.97.